The molecule has 0 amide bonds. The van der Waals surface area contributed by atoms with Crippen LogP contribution < -0.4 is 0 Å². The number of allylic oxidation sites excluding steroid dienone is 4. The normalized spacial score (nSPS) is 12.6. The predicted octanol–water partition coefficient (Wildman–Crippen LogP) is 5.07. The zero-order valence-corrected chi connectivity index (χ0v) is 14.1. The first-order chi connectivity index (χ1) is 10.5. The van der Waals surface area contributed by atoms with Crippen LogP contribution in [0.1, 0.15) is 33.1 Å². The van der Waals surface area contributed by atoms with E-state index in [9.17, 15) is 8.42 Å². The van der Waals surface area contributed by atoms with Crippen LogP contribution in [0.25, 0.3) is 0 Å². The average Bonchev–Trinajstić information content (AvgIpc) is 2.53. The first-order valence-corrected chi connectivity index (χ1v) is 9.09. The molecular weight excluding hydrogens is 292 g/mol. The fourth-order valence-corrected chi connectivity index (χ4v) is 3.12. The van der Waals surface area contributed by atoms with Gasteiger partial charge in [0.2, 0.25) is 9.84 Å². The molecule has 0 spiro atoms. The molecule has 0 bridgehead atoms. The SMILES string of the molecule is C=C/C=C/CCC(C)C(=C=CS(=O)(=O)c1ccccc1)CC. The molecule has 1 aromatic rings. The average molecular weight is 316 g/mol. The highest BCUT2D eigenvalue weighted by Gasteiger charge is 2.10. The summed E-state index contributed by atoms with van der Waals surface area (Å²) >= 11 is 0. The lowest BCUT2D eigenvalue weighted by Crippen LogP contribution is -1.99. The Morgan fingerprint density at radius 1 is 1.32 bits per heavy atom. The summed E-state index contributed by atoms with van der Waals surface area (Å²) in [6.07, 6.45) is 8.48. The molecule has 0 saturated heterocycles. The molecule has 1 unspecified atom stereocenters. The van der Waals surface area contributed by atoms with E-state index in [1.807, 2.05) is 13.0 Å². The molecule has 0 saturated carbocycles. The number of benzene rings is 1. The summed E-state index contributed by atoms with van der Waals surface area (Å²) in [4.78, 5) is 0.305. The van der Waals surface area contributed by atoms with Gasteiger partial charge in [0.1, 0.15) is 0 Å². The lowest BCUT2D eigenvalue weighted by molar-refractivity contribution is 0.601. The molecule has 0 N–H and O–H groups in total. The molecule has 0 radical (unpaired) electrons. The third-order valence-electron chi connectivity index (χ3n) is 3.49. The van der Waals surface area contributed by atoms with Crippen molar-refractivity contribution < 1.29 is 8.42 Å². The molecular formula is C19H24O2S. The smallest absolute Gasteiger partial charge is 0.207 e. The molecule has 0 aliphatic heterocycles. The van der Waals surface area contributed by atoms with Gasteiger partial charge in [0.05, 0.1) is 10.3 Å². The maximum Gasteiger partial charge on any atom is 0.207 e. The van der Waals surface area contributed by atoms with Crippen molar-refractivity contribution >= 4 is 9.84 Å². The van der Waals surface area contributed by atoms with Crippen molar-refractivity contribution in [2.75, 3.05) is 0 Å². The number of hydrogen-bond acceptors (Lipinski definition) is 2. The third-order valence-corrected chi connectivity index (χ3v) is 4.84. The van der Waals surface area contributed by atoms with E-state index in [0.29, 0.717) is 10.8 Å². The predicted molar refractivity (Wildman–Crippen MR) is 93.2 cm³/mol. The molecule has 0 aliphatic rings. The minimum absolute atomic E-state index is 0.305. The molecule has 1 aromatic carbocycles. The molecule has 0 heterocycles. The molecule has 0 aromatic heterocycles. The van der Waals surface area contributed by atoms with Gasteiger partial charge in [-0.2, -0.15) is 0 Å². The first-order valence-electron chi connectivity index (χ1n) is 7.54. The maximum absolute atomic E-state index is 12.2. The number of rotatable bonds is 8. The topological polar surface area (TPSA) is 34.1 Å². The van der Waals surface area contributed by atoms with E-state index in [-0.39, 0.29) is 0 Å². The van der Waals surface area contributed by atoms with Crippen molar-refractivity contribution in [3.05, 3.63) is 71.9 Å². The van der Waals surface area contributed by atoms with Crippen LogP contribution in [-0.4, -0.2) is 8.42 Å². The van der Waals surface area contributed by atoms with Gasteiger partial charge in [-0.25, -0.2) is 8.42 Å². The highest BCUT2D eigenvalue weighted by molar-refractivity contribution is 7.94. The molecule has 0 aliphatic carbocycles. The minimum atomic E-state index is -3.41. The van der Waals surface area contributed by atoms with E-state index in [0.717, 1.165) is 24.8 Å². The highest BCUT2D eigenvalue weighted by Crippen LogP contribution is 2.20. The summed E-state index contributed by atoms with van der Waals surface area (Å²) in [5.74, 6) is 0.307. The molecule has 22 heavy (non-hydrogen) atoms. The zero-order chi connectivity index (χ0) is 16.4. The van der Waals surface area contributed by atoms with Gasteiger partial charge in [-0.15, -0.1) is 5.73 Å². The molecule has 0 fully saturated rings. The van der Waals surface area contributed by atoms with E-state index < -0.39 is 9.84 Å². The summed E-state index contributed by atoms with van der Waals surface area (Å²) in [7, 11) is -3.41. The van der Waals surface area contributed by atoms with Crippen LogP contribution in [0.5, 0.6) is 0 Å². The first kappa shape index (κ1) is 18.2. The van der Waals surface area contributed by atoms with E-state index in [1.165, 1.54) is 5.41 Å². The summed E-state index contributed by atoms with van der Waals surface area (Å²) in [6, 6.07) is 8.44. The van der Waals surface area contributed by atoms with Crippen LogP contribution in [0.3, 0.4) is 0 Å². The number of hydrogen-bond donors (Lipinski definition) is 0. The molecule has 1 rings (SSSR count). The van der Waals surface area contributed by atoms with Crippen molar-refractivity contribution in [3.63, 3.8) is 0 Å². The lowest BCUT2D eigenvalue weighted by atomic mass is 9.95. The van der Waals surface area contributed by atoms with Gasteiger partial charge in [0.15, 0.2) is 0 Å². The summed E-state index contributed by atoms with van der Waals surface area (Å²) in [5.41, 5.74) is 4.04. The summed E-state index contributed by atoms with van der Waals surface area (Å²) < 4.78 is 24.4. The Morgan fingerprint density at radius 3 is 2.59 bits per heavy atom. The van der Waals surface area contributed by atoms with Crippen LogP contribution in [0.4, 0.5) is 0 Å². The van der Waals surface area contributed by atoms with E-state index >= 15 is 0 Å². The highest BCUT2D eigenvalue weighted by atomic mass is 32.2. The van der Waals surface area contributed by atoms with Gasteiger partial charge >= 0.3 is 0 Å². The van der Waals surface area contributed by atoms with E-state index in [1.54, 1.807) is 36.4 Å². The summed E-state index contributed by atoms with van der Waals surface area (Å²) in [5, 5.41) is 1.21. The Kier molecular flexibility index (Phi) is 7.65. The van der Waals surface area contributed by atoms with Crippen LogP contribution in [-0.2, 0) is 9.84 Å². The molecule has 2 nitrogen and oxygen atoms in total. The maximum atomic E-state index is 12.2. The van der Waals surface area contributed by atoms with Crippen molar-refractivity contribution in [1.29, 1.82) is 0 Å². The van der Waals surface area contributed by atoms with Gasteiger partial charge in [-0.05, 0) is 42.9 Å². The molecule has 118 valence electrons. The second-order valence-corrected chi connectivity index (χ2v) is 6.94. The standard InChI is InChI=1S/C19H24O2S/c1-4-6-7-9-12-17(3)18(5-2)15-16-22(20,21)19-13-10-8-11-14-19/h4,6-8,10-11,13-14,16-17H,1,5,9,12H2,2-3H3/b7-6+. The Labute approximate surface area is 134 Å². The monoisotopic (exact) mass is 316 g/mol. The van der Waals surface area contributed by atoms with Crippen molar-refractivity contribution in [1.82, 2.24) is 0 Å². The molecule has 3 heteroatoms. The van der Waals surface area contributed by atoms with Crippen LogP contribution in [0.15, 0.2) is 76.7 Å². The van der Waals surface area contributed by atoms with Crippen molar-refractivity contribution in [2.45, 2.75) is 38.0 Å². The number of sulfone groups is 1. The van der Waals surface area contributed by atoms with Crippen molar-refractivity contribution in [2.24, 2.45) is 5.92 Å². The Bertz CT molecular complexity index is 661. The van der Waals surface area contributed by atoms with Crippen LogP contribution in [0.2, 0.25) is 0 Å². The summed E-state index contributed by atoms with van der Waals surface area (Å²) in [6.45, 7) is 7.77. The fraction of sp³-hybridized carbons (Fsp3) is 0.316. The minimum Gasteiger partial charge on any atom is -0.218 e. The van der Waals surface area contributed by atoms with Gasteiger partial charge in [0.25, 0.3) is 0 Å². The van der Waals surface area contributed by atoms with Gasteiger partial charge < -0.3 is 0 Å². The largest absolute Gasteiger partial charge is 0.218 e. The molecule has 1 atom stereocenters. The van der Waals surface area contributed by atoms with Gasteiger partial charge in [-0.1, -0.05) is 56.9 Å². The zero-order valence-electron chi connectivity index (χ0n) is 13.3. The van der Waals surface area contributed by atoms with E-state index in [2.05, 4.69) is 25.3 Å². The van der Waals surface area contributed by atoms with Crippen LogP contribution >= 0.6 is 0 Å². The van der Waals surface area contributed by atoms with Gasteiger partial charge in [-0.3, -0.25) is 0 Å². The van der Waals surface area contributed by atoms with Gasteiger partial charge in [0, 0.05) is 0 Å². The Morgan fingerprint density at radius 2 is 2.00 bits per heavy atom. The Balaban J connectivity index is 2.91. The fourth-order valence-electron chi connectivity index (χ4n) is 2.14. The Hall–Kier alpha value is -1.83. The lowest BCUT2D eigenvalue weighted by Gasteiger charge is -2.10. The van der Waals surface area contributed by atoms with E-state index in [4.69, 9.17) is 0 Å². The second-order valence-electron chi connectivity index (χ2n) is 5.14. The third kappa shape index (κ3) is 5.88. The quantitative estimate of drug-likeness (QED) is 0.496. The van der Waals surface area contributed by atoms with Crippen molar-refractivity contribution in [3.8, 4) is 0 Å². The second kappa shape index (κ2) is 9.24. The van der Waals surface area contributed by atoms with Crippen LogP contribution in [0, 0.1) is 5.92 Å².